The third kappa shape index (κ3) is 2.52. The van der Waals surface area contributed by atoms with Crippen molar-refractivity contribution in [2.75, 3.05) is 14.2 Å². The minimum atomic E-state index is -3.23. The zero-order valence-corrected chi connectivity index (χ0v) is 11.6. The Bertz CT molecular complexity index is 354. The zero-order valence-electron chi connectivity index (χ0n) is 10.6. The zero-order chi connectivity index (χ0) is 12.4. The van der Waals surface area contributed by atoms with Gasteiger partial charge in [-0.25, -0.2) is 0 Å². The van der Waals surface area contributed by atoms with Crippen molar-refractivity contribution < 1.29 is 13.6 Å². The molecule has 0 bridgehead atoms. The van der Waals surface area contributed by atoms with Crippen LogP contribution in [0.25, 0.3) is 0 Å². The van der Waals surface area contributed by atoms with Crippen LogP contribution < -0.4 is 5.19 Å². The fourth-order valence-corrected chi connectivity index (χ4v) is 3.43. The average Bonchev–Trinajstić information content (AvgIpc) is 2.27. The van der Waals surface area contributed by atoms with E-state index >= 15 is 0 Å². The van der Waals surface area contributed by atoms with E-state index in [9.17, 15) is 4.80 Å². The predicted octanol–water partition coefficient (Wildman–Crippen LogP) is 1.42. The number of benzene rings is 1. The van der Waals surface area contributed by atoms with Gasteiger partial charge in [0.25, 0.3) is 0 Å². The lowest BCUT2D eigenvalue weighted by Gasteiger charge is -2.28. The number of rotatable bonds is 3. The summed E-state index contributed by atoms with van der Waals surface area (Å²) in [6.45, 7) is 6.31. The Labute approximate surface area is 98.4 Å². The van der Waals surface area contributed by atoms with Crippen molar-refractivity contribution in [2.45, 2.75) is 26.2 Å². The second-order valence-corrected chi connectivity index (χ2v) is 7.30. The molecule has 0 aliphatic heterocycles. The molecule has 0 saturated heterocycles. The normalized spacial score (nSPS) is 12.9. The van der Waals surface area contributed by atoms with Gasteiger partial charge in [0.15, 0.2) is 0 Å². The molecule has 3 nitrogen and oxygen atoms in total. The van der Waals surface area contributed by atoms with E-state index in [1.54, 1.807) is 0 Å². The van der Waals surface area contributed by atoms with E-state index in [-0.39, 0.29) is 5.41 Å². The molecule has 90 valence electrons. The predicted molar refractivity (Wildman–Crippen MR) is 66.8 cm³/mol. The van der Waals surface area contributed by atoms with Crippen molar-refractivity contribution in [1.82, 2.24) is 0 Å². The van der Waals surface area contributed by atoms with Gasteiger partial charge in [0, 0.05) is 19.4 Å². The van der Waals surface area contributed by atoms with E-state index in [1.165, 1.54) is 14.2 Å². The van der Waals surface area contributed by atoms with Crippen LogP contribution in [0.15, 0.2) is 24.3 Å². The highest BCUT2D eigenvalue weighted by molar-refractivity contribution is 6.74. The van der Waals surface area contributed by atoms with Crippen LogP contribution in [0.2, 0.25) is 0 Å². The standard InChI is InChI=1S/C12H20O3Si/c1-12(2,3)10-8-6-7-9-11(10)16(13,14-4)15-5/h6-9,13H,1-5H3. The summed E-state index contributed by atoms with van der Waals surface area (Å²) in [5, 5.41) is 0.785. The first-order valence-corrected chi connectivity index (χ1v) is 7.04. The molecule has 0 atom stereocenters. The number of hydrogen-bond donors (Lipinski definition) is 1. The molecule has 1 aromatic carbocycles. The van der Waals surface area contributed by atoms with Crippen molar-refractivity contribution >= 4 is 14.0 Å². The monoisotopic (exact) mass is 240 g/mol. The van der Waals surface area contributed by atoms with E-state index in [0.717, 1.165) is 10.8 Å². The Kier molecular flexibility index (Phi) is 3.91. The van der Waals surface area contributed by atoms with E-state index in [0.29, 0.717) is 0 Å². The highest BCUT2D eigenvalue weighted by atomic mass is 28.4. The first kappa shape index (κ1) is 13.4. The minimum absolute atomic E-state index is 0.0470. The van der Waals surface area contributed by atoms with Gasteiger partial charge < -0.3 is 13.6 Å². The van der Waals surface area contributed by atoms with Gasteiger partial charge in [0.05, 0.1) is 0 Å². The maximum atomic E-state index is 10.3. The molecule has 0 amide bonds. The summed E-state index contributed by atoms with van der Waals surface area (Å²) in [5.41, 5.74) is 1.02. The van der Waals surface area contributed by atoms with Gasteiger partial charge in [-0.3, -0.25) is 0 Å². The minimum Gasteiger partial charge on any atom is -0.386 e. The largest absolute Gasteiger partial charge is 0.534 e. The molecule has 0 aliphatic carbocycles. The first-order valence-electron chi connectivity index (χ1n) is 5.28. The Morgan fingerprint density at radius 2 is 1.56 bits per heavy atom. The molecule has 0 aromatic heterocycles. The molecule has 4 heteroatoms. The summed E-state index contributed by atoms with van der Waals surface area (Å²) in [4.78, 5) is 10.3. The van der Waals surface area contributed by atoms with Gasteiger partial charge in [-0.15, -0.1) is 0 Å². The summed E-state index contributed by atoms with van der Waals surface area (Å²) < 4.78 is 10.4. The number of hydrogen-bond acceptors (Lipinski definition) is 3. The summed E-state index contributed by atoms with van der Waals surface area (Å²) in [6.07, 6.45) is 0. The van der Waals surface area contributed by atoms with Gasteiger partial charge in [-0.1, -0.05) is 45.0 Å². The lowest BCUT2D eigenvalue weighted by Crippen LogP contribution is -2.55. The molecule has 0 unspecified atom stereocenters. The summed E-state index contributed by atoms with van der Waals surface area (Å²) in [5.74, 6) is 0. The Balaban J connectivity index is 3.34. The van der Waals surface area contributed by atoms with E-state index in [1.807, 2.05) is 24.3 Å². The van der Waals surface area contributed by atoms with Crippen LogP contribution in [0.1, 0.15) is 26.3 Å². The topological polar surface area (TPSA) is 38.7 Å². The van der Waals surface area contributed by atoms with Crippen LogP contribution in [0, 0.1) is 0 Å². The second kappa shape index (κ2) is 4.67. The van der Waals surface area contributed by atoms with Gasteiger partial charge in [0.2, 0.25) is 0 Å². The summed E-state index contributed by atoms with van der Waals surface area (Å²) >= 11 is 0. The summed E-state index contributed by atoms with van der Waals surface area (Å²) in [6, 6.07) is 7.73. The van der Waals surface area contributed by atoms with Crippen molar-refractivity contribution in [1.29, 1.82) is 0 Å². The second-order valence-electron chi connectivity index (χ2n) is 4.79. The fourth-order valence-electron chi connectivity index (χ4n) is 1.72. The SMILES string of the molecule is CO[Si](O)(OC)c1ccccc1C(C)(C)C. The third-order valence-electron chi connectivity index (χ3n) is 2.63. The van der Waals surface area contributed by atoms with Gasteiger partial charge in [-0.2, -0.15) is 0 Å². The molecular weight excluding hydrogens is 220 g/mol. The quantitative estimate of drug-likeness (QED) is 0.812. The van der Waals surface area contributed by atoms with E-state index in [4.69, 9.17) is 8.85 Å². The Morgan fingerprint density at radius 1 is 1.06 bits per heavy atom. The molecule has 16 heavy (non-hydrogen) atoms. The highest BCUT2D eigenvalue weighted by Gasteiger charge is 2.41. The van der Waals surface area contributed by atoms with Crippen LogP contribution >= 0.6 is 0 Å². The maximum absolute atomic E-state index is 10.3. The van der Waals surface area contributed by atoms with Gasteiger partial charge in [-0.05, 0) is 11.0 Å². The van der Waals surface area contributed by atoms with Crippen molar-refractivity contribution in [3.8, 4) is 0 Å². The van der Waals surface area contributed by atoms with Crippen molar-refractivity contribution in [3.63, 3.8) is 0 Å². The smallest absolute Gasteiger partial charge is 0.386 e. The van der Waals surface area contributed by atoms with E-state index in [2.05, 4.69) is 20.8 Å². The van der Waals surface area contributed by atoms with Crippen LogP contribution in [-0.2, 0) is 14.3 Å². The Hall–Kier alpha value is -0.683. The van der Waals surface area contributed by atoms with Crippen LogP contribution in [0.3, 0.4) is 0 Å². The van der Waals surface area contributed by atoms with Crippen molar-refractivity contribution in [2.24, 2.45) is 0 Å². The molecule has 0 aliphatic rings. The lowest BCUT2D eigenvalue weighted by atomic mass is 9.87. The molecule has 1 aromatic rings. The lowest BCUT2D eigenvalue weighted by molar-refractivity contribution is 0.168. The van der Waals surface area contributed by atoms with Crippen LogP contribution in [0.5, 0.6) is 0 Å². The molecule has 1 N–H and O–H groups in total. The molecule has 0 saturated carbocycles. The van der Waals surface area contributed by atoms with Crippen molar-refractivity contribution in [3.05, 3.63) is 29.8 Å². The summed E-state index contributed by atoms with van der Waals surface area (Å²) in [7, 11) is -0.265. The molecule has 0 spiro atoms. The van der Waals surface area contributed by atoms with Crippen LogP contribution in [-0.4, -0.2) is 27.8 Å². The first-order chi connectivity index (χ1) is 7.35. The van der Waals surface area contributed by atoms with Gasteiger partial charge in [0.1, 0.15) is 0 Å². The molecule has 0 fully saturated rings. The molecular formula is C12H20O3Si. The Morgan fingerprint density at radius 3 is 2.00 bits per heavy atom. The fraction of sp³-hybridized carbons (Fsp3) is 0.500. The molecule has 1 rings (SSSR count). The maximum Gasteiger partial charge on any atom is 0.534 e. The average molecular weight is 240 g/mol. The van der Waals surface area contributed by atoms with E-state index < -0.39 is 8.80 Å². The van der Waals surface area contributed by atoms with Crippen LogP contribution in [0.4, 0.5) is 0 Å². The third-order valence-corrected chi connectivity index (χ3v) is 4.85. The molecule has 0 radical (unpaired) electrons. The molecule has 0 heterocycles. The highest BCUT2D eigenvalue weighted by Crippen LogP contribution is 2.22. The van der Waals surface area contributed by atoms with Gasteiger partial charge >= 0.3 is 8.80 Å².